The number of thioether (sulfide) groups is 1. The number of phenolic OH excluding ortho intramolecular Hbond substituents is 1. The Hall–Kier alpha value is -13.1. The van der Waals surface area contributed by atoms with Gasteiger partial charge in [0.25, 0.3) is 0 Å². The van der Waals surface area contributed by atoms with Crippen molar-refractivity contribution in [3.63, 3.8) is 0 Å². The first kappa shape index (κ1) is 109. The SMILES string of the molecule is CCCC[C@H]1C(=O)N(C)[C@@H](CCCC)C(=O)N[C@@H](CC(C)C)C(=O)N[C@H](C(=O)NCC(N)=O)CSCC(=O)N[C@@H](Cc2ccc(O)cc2)C(=O)N(C)[C@@H](C)C(=O)N[C@@H](CC(N)=O)C(=O)N2CCC[C@H]2C(=O)N[C@@H](CN)C(=O)N[C@@H](CC(C)C)C(=O)N2C[C@H](O)C[C@H]2C(=O)C[C@@H](Cc2c[nH]c3ccccc23)C(=O)N[C@@H](CCN)C(=O)N[C@@H](Cc2c(C(=O)O)n(CC(=O)O)c3ccccc23)C(=O)N1C. The molecule has 5 aromatic rings. The van der Waals surface area contributed by atoms with E-state index in [2.05, 4.69) is 52.8 Å². The quantitative estimate of drug-likeness (QED) is 0.0286. The molecule has 3 fully saturated rings. The van der Waals surface area contributed by atoms with Crippen LogP contribution in [0.25, 0.3) is 21.8 Å². The second-order valence-corrected chi connectivity index (χ2v) is 37.1. The Kier molecular flexibility index (Phi) is 40.8. The Labute approximate surface area is 797 Å². The Morgan fingerprint density at radius 1 is 0.569 bits per heavy atom. The summed E-state index contributed by atoms with van der Waals surface area (Å²) < 4.78 is 1.01. The summed E-state index contributed by atoms with van der Waals surface area (Å²) in [6, 6.07) is -1.92. The first-order valence-electron chi connectivity index (χ1n) is 46.2. The fourth-order valence-electron chi connectivity index (χ4n) is 17.4. The number of aromatic nitrogens is 2. The van der Waals surface area contributed by atoms with Crippen LogP contribution in [-0.2, 0) is 112 Å². The van der Waals surface area contributed by atoms with Gasteiger partial charge >= 0.3 is 11.9 Å². The minimum absolute atomic E-state index is 0.0264. The molecule has 22 N–H and O–H groups in total. The number of benzene rings is 3. The fraction of sp³-hybridized carbons (Fsp3) is 0.559. The standard InChI is InChI=1S/C93H132N20O23S/c1-11-13-23-70-86(128)102-62(34-49(3)4)84(126)107-68(82(124)99-44-76(97)118)47-137-48-77(119)100-64(36-52-27-29-55(114)30-28-52)88(130)108(8)51(7)80(122)103-66(41-75(96)117)90(132)111-33-19-26-71(111)87(129)106-67(42-95)85(127)104-63(35-50(5)6)91(133)113-45-56(115)39-73(113)74(116)38-53(37-54-43-98-60-22-17-15-20-57(54)60)81(123)101-61(31-32-94)83(125)105-65(89(131)110(10)72(24-14-12-2)92(134)109(70)9)40-59-58-21-16-18-25-69(58)112(46-78(120)121)79(59)93(135)136/h15-18,20-22,25,27-30,43,49-51,53,56,61-68,70-73,98,114-115H,11-14,19,23-24,26,31-42,44-48,94-95H2,1-10H3,(H2,96,117)(H2,97,118)(H,99,124)(H,100,119)(H,101,123)(H,102,128)(H,103,122)(H,104,127)(H,105,125)(H,106,129)(H,107,126)(H,120,121)(H,135,136)/t51-,53+,56+,61-,62-,63-,64-,65-,66-,67-,68-,70-,71-,72-,73-/m0/s1. The number of ketones is 1. The number of aromatic carboxylic acids is 1. The Balaban J connectivity index is 1.23. The zero-order valence-corrected chi connectivity index (χ0v) is 79.8. The third kappa shape index (κ3) is 29.7. The van der Waals surface area contributed by atoms with Crippen molar-refractivity contribution in [2.24, 2.45) is 40.7 Å². The van der Waals surface area contributed by atoms with Crippen molar-refractivity contribution >= 4 is 146 Å². The molecule has 16 amide bonds. The number of H-pyrrole nitrogens is 1. The number of aromatic amines is 1. The van der Waals surface area contributed by atoms with Crippen molar-refractivity contribution in [2.75, 3.05) is 65.4 Å². The number of hydrogen-bond donors (Lipinski definition) is 18. The number of para-hydroxylation sites is 2. The maximum absolute atomic E-state index is 16.1. The molecule has 44 heteroatoms. The van der Waals surface area contributed by atoms with E-state index in [0.717, 1.165) is 40.8 Å². The van der Waals surface area contributed by atoms with E-state index < -0.39 is 265 Å². The molecule has 5 heterocycles. The molecule has 0 spiro atoms. The third-order valence-electron chi connectivity index (χ3n) is 24.8. The molecule has 3 aliphatic heterocycles. The van der Waals surface area contributed by atoms with E-state index in [-0.39, 0.29) is 118 Å². The molecule has 0 aliphatic carbocycles. The maximum atomic E-state index is 16.1. The van der Waals surface area contributed by atoms with Crippen LogP contribution < -0.4 is 70.8 Å². The molecule has 8 rings (SSSR count). The number of likely N-dealkylation sites (N-methyl/N-ethyl adjacent to an activating group) is 3. The van der Waals surface area contributed by atoms with E-state index in [1.807, 2.05) is 6.92 Å². The van der Waals surface area contributed by atoms with Gasteiger partial charge in [-0.05, 0) is 118 Å². The van der Waals surface area contributed by atoms with E-state index >= 15 is 33.6 Å². The van der Waals surface area contributed by atoms with Crippen LogP contribution in [0.15, 0.2) is 79.0 Å². The summed E-state index contributed by atoms with van der Waals surface area (Å²) in [5.74, 6) is -22.5. The van der Waals surface area contributed by atoms with Gasteiger partial charge in [0.2, 0.25) is 94.5 Å². The second-order valence-electron chi connectivity index (χ2n) is 36.1. The highest BCUT2D eigenvalue weighted by Crippen LogP contribution is 2.32. The molecule has 0 bridgehead atoms. The highest BCUT2D eigenvalue weighted by atomic mass is 32.2. The number of aliphatic hydroxyl groups excluding tert-OH is 1. The summed E-state index contributed by atoms with van der Waals surface area (Å²) >= 11 is 0.765. The van der Waals surface area contributed by atoms with Gasteiger partial charge in [0.15, 0.2) is 5.78 Å². The molecule has 0 radical (unpaired) electrons. The summed E-state index contributed by atoms with van der Waals surface area (Å²) in [6.45, 7) is 8.66. The molecule has 43 nitrogen and oxygen atoms in total. The molecule has 15 atom stereocenters. The van der Waals surface area contributed by atoms with Gasteiger partial charge < -0.3 is 125 Å². The Morgan fingerprint density at radius 3 is 1.77 bits per heavy atom. The number of fused-ring (bicyclic) bond motifs is 4. The zero-order chi connectivity index (χ0) is 101. The number of phenols is 1. The third-order valence-corrected chi connectivity index (χ3v) is 25.8. The van der Waals surface area contributed by atoms with Crippen LogP contribution in [0.5, 0.6) is 5.75 Å². The predicted octanol–water partition coefficient (Wildman–Crippen LogP) is -1.45. The van der Waals surface area contributed by atoms with Crippen LogP contribution >= 0.6 is 11.8 Å². The number of aliphatic carboxylic acids is 1. The van der Waals surface area contributed by atoms with Crippen molar-refractivity contribution in [3.05, 3.63) is 101 Å². The number of aliphatic hydroxyl groups is 1. The second kappa shape index (κ2) is 51.2. The topological polar surface area (TPSA) is 655 Å². The van der Waals surface area contributed by atoms with Crippen LogP contribution in [0.4, 0.5) is 0 Å². The normalized spacial score (nSPS) is 24.7. The largest absolute Gasteiger partial charge is 0.508 e. The van der Waals surface area contributed by atoms with Crippen molar-refractivity contribution in [1.82, 2.24) is 81.9 Å². The van der Waals surface area contributed by atoms with Gasteiger partial charge in [-0.1, -0.05) is 116 Å². The number of rotatable bonds is 27. The van der Waals surface area contributed by atoms with Crippen LogP contribution in [-0.4, -0.2) is 317 Å². The molecule has 137 heavy (non-hydrogen) atoms. The summed E-state index contributed by atoms with van der Waals surface area (Å²) in [5, 5.41) is 67.3. The zero-order valence-electron chi connectivity index (χ0n) is 78.9. The van der Waals surface area contributed by atoms with Crippen LogP contribution in [0.1, 0.15) is 166 Å². The number of amides is 16. The monoisotopic (exact) mass is 1930 g/mol. The van der Waals surface area contributed by atoms with Gasteiger partial charge in [-0.3, -0.25) is 86.3 Å². The number of nitrogens with two attached hydrogens (primary N) is 4. The highest BCUT2D eigenvalue weighted by molar-refractivity contribution is 8.00. The van der Waals surface area contributed by atoms with E-state index in [1.54, 1.807) is 65.1 Å². The van der Waals surface area contributed by atoms with Crippen LogP contribution in [0, 0.1) is 17.8 Å². The van der Waals surface area contributed by atoms with E-state index in [4.69, 9.17) is 22.9 Å². The number of Topliss-reactive ketones (excluding diaryl/α,β-unsaturated/α-hetero) is 1. The smallest absolute Gasteiger partial charge is 0.352 e. The van der Waals surface area contributed by atoms with Crippen molar-refractivity contribution in [2.45, 2.75) is 249 Å². The first-order chi connectivity index (χ1) is 64.9. The molecular formula is C93H132N20O23S. The molecule has 748 valence electrons. The number of carboxylic acids is 2. The van der Waals surface area contributed by atoms with Gasteiger partial charge in [-0.15, -0.1) is 11.8 Å². The average molecular weight is 1930 g/mol. The number of nitrogens with one attached hydrogen (secondary N) is 10. The number of unbranched alkanes of at least 4 members (excludes halogenated alkanes) is 2. The Bertz CT molecular complexity index is 5220. The van der Waals surface area contributed by atoms with Gasteiger partial charge in [-0.25, -0.2) is 4.79 Å². The van der Waals surface area contributed by atoms with Gasteiger partial charge in [0.05, 0.1) is 30.9 Å². The number of carbonyl (C=O) groups excluding carboxylic acids is 17. The van der Waals surface area contributed by atoms with Gasteiger partial charge in [-0.2, -0.15) is 0 Å². The van der Waals surface area contributed by atoms with E-state index in [1.165, 1.54) is 76.6 Å². The number of nitrogens with zero attached hydrogens (tertiary/aromatic N) is 6. The number of hydrogen-bond acceptors (Lipinski definition) is 24. The van der Waals surface area contributed by atoms with Crippen molar-refractivity contribution in [1.29, 1.82) is 0 Å². The minimum atomic E-state index is -1.92. The summed E-state index contributed by atoms with van der Waals surface area (Å²) in [4.78, 5) is 285. The van der Waals surface area contributed by atoms with Crippen molar-refractivity contribution in [3.8, 4) is 5.75 Å². The highest BCUT2D eigenvalue weighted by Gasteiger charge is 2.47. The minimum Gasteiger partial charge on any atom is -0.508 e. The first-order valence-corrected chi connectivity index (χ1v) is 47.3. The molecule has 3 saturated heterocycles. The van der Waals surface area contributed by atoms with E-state index in [9.17, 15) is 78.0 Å². The lowest BCUT2D eigenvalue weighted by atomic mass is 9.90. The lowest BCUT2D eigenvalue weighted by molar-refractivity contribution is -0.149. The van der Waals surface area contributed by atoms with Crippen molar-refractivity contribution < 1.29 is 112 Å². The van der Waals surface area contributed by atoms with Gasteiger partial charge in [0.1, 0.15) is 90.5 Å². The maximum Gasteiger partial charge on any atom is 0.352 e. The lowest BCUT2D eigenvalue weighted by Crippen LogP contribution is -2.61. The molecular weight excluding hydrogens is 1800 g/mol. The van der Waals surface area contributed by atoms with Crippen LogP contribution in [0.2, 0.25) is 0 Å². The number of primary amides is 2. The molecule has 0 saturated carbocycles. The average Bonchev–Trinajstić information content (AvgIpc) is 1.61. The summed E-state index contributed by atoms with van der Waals surface area (Å²) in [6.07, 6.45) is -2.03. The number of carbonyl (C=O) groups is 19. The molecule has 3 aliphatic rings. The Morgan fingerprint density at radius 2 is 1.14 bits per heavy atom. The fourth-order valence-corrected chi connectivity index (χ4v) is 18.3. The van der Waals surface area contributed by atoms with E-state index in [0.29, 0.717) is 41.3 Å². The number of aromatic hydroxyl groups is 1. The predicted molar refractivity (Wildman–Crippen MR) is 503 cm³/mol. The lowest BCUT2D eigenvalue weighted by Gasteiger charge is -2.36. The molecule has 0 unspecified atom stereocenters. The van der Waals surface area contributed by atoms with Gasteiger partial charge in [0, 0.05) is 106 Å². The number of carboxylic acid groups (broad SMARTS) is 2. The molecule has 2 aromatic heterocycles. The van der Waals surface area contributed by atoms with Crippen LogP contribution in [0.3, 0.4) is 0 Å². The summed E-state index contributed by atoms with van der Waals surface area (Å²) in [7, 11) is 3.76. The summed E-state index contributed by atoms with van der Waals surface area (Å²) in [5.41, 5.74) is 24.5. The molecule has 3 aromatic carbocycles.